The zero-order chi connectivity index (χ0) is 26.8. The normalized spacial score (nSPS) is 17.6. The number of carbonyl (C=O) groups is 2. The van der Waals surface area contributed by atoms with Gasteiger partial charge in [0.25, 0.3) is 5.91 Å². The smallest absolute Gasteiger partial charge is 0.254 e. The van der Waals surface area contributed by atoms with Gasteiger partial charge in [-0.15, -0.1) is 0 Å². The molecule has 11 heteroatoms. The zero-order valence-corrected chi connectivity index (χ0v) is 21.9. The number of nitrogens with zero attached hydrogens (tertiary/aromatic N) is 5. The summed E-state index contributed by atoms with van der Waals surface area (Å²) in [6.45, 7) is 2.75. The minimum Gasteiger partial charge on any atom is -0.367 e. The lowest BCUT2D eigenvalue weighted by Crippen LogP contribution is -2.39. The number of fused-ring (bicyclic) bond motifs is 1. The Kier molecular flexibility index (Phi) is 6.95. The maximum Gasteiger partial charge on any atom is 0.254 e. The summed E-state index contributed by atoms with van der Waals surface area (Å²) in [6, 6.07) is 15.6. The molecule has 198 valence electrons. The van der Waals surface area contributed by atoms with E-state index >= 15 is 0 Å². The van der Waals surface area contributed by atoms with Crippen molar-refractivity contribution >= 4 is 52.5 Å². The molecule has 0 radical (unpaired) electrons. The summed E-state index contributed by atoms with van der Waals surface area (Å²) in [7, 11) is 0. The molecule has 2 amide bonds. The Hall–Kier alpha value is -4.28. The number of amides is 2. The summed E-state index contributed by atoms with van der Waals surface area (Å²) in [6.07, 6.45) is 7.15. The minimum absolute atomic E-state index is 0.0405. The van der Waals surface area contributed by atoms with Gasteiger partial charge in [-0.1, -0.05) is 23.7 Å². The van der Waals surface area contributed by atoms with E-state index in [1.54, 1.807) is 16.8 Å². The minimum atomic E-state index is -0.386. The predicted octanol–water partition coefficient (Wildman–Crippen LogP) is 4.03. The van der Waals surface area contributed by atoms with E-state index in [1.807, 2.05) is 48.7 Å². The van der Waals surface area contributed by atoms with Gasteiger partial charge in [0.1, 0.15) is 11.6 Å². The average Bonchev–Trinajstić information content (AvgIpc) is 3.47. The molecule has 4 aromatic rings. The number of anilines is 3. The molecule has 1 aromatic carbocycles. The molecule has 0 aliphatic carbocycles. The number of halogens is 1. The van der Waals surface area contributed by atoms with E-state index in [-0.39, 0.29) is 24.3 Å². The molecule has 6 rings (SSSR count). The molecule has 10 nitrogen and oxygen atoms in total. The highest BCUT2D eigenvalue weighted by atomic mass is 35.5. The Morgan fingerprint density at radius 3 is 2.72 bits per heavy atom. The van der Waals surface area contributed by atoms with Crippen LogP contribution in [0.1, 0.15) is 30.5 Å². The van der Waals surface area contributed by atoms with Gasteiger partial charge < -0.3 is 10.6 Å². The van der Waals surface area contributed by atoms with Gasteiger partial charge in [-0.05, 0) is 49.2 Å². The molecule has 0 atom stereocenters. The van der Waals surface area contributed by atoms with Crippen LogP contribution >= 0.6 is 11.6 Å². The van der Waals surface area contributed by atoms with Crippen molar-refractivity contribution < 1.29 is 9.59 Å². The molecule has 2 aliphatic rings. The molecular weight excluding hydrogens is 516 g/mol. The van der Waals surface area contributed by atoms with E-state index in [1.165, 1.54) is 0 Å². The molecule has 3 aromatic heterocycles. The summed E-state index contributed by atoms with van der Waals surface area (Å²) < 4.78 is 1.74. The number of aromatic nitrogens is 4. The summed E-state index contributed by atoms with van der Waals surface area (Å²) >= 11 is 6.19. The molecule has 0 unspecified atom stereocenters. The lowest BCUT2D eigenvalue weighted by molar-refractivity contribution is -0.124. The van der Waals surface area contributed by atoms with Crippen LogP contribution in [0.2, 0.25) is 5.02 Å². The van der Waals surface area contributed by atoms with E-state index in [0.717, 1.165) is 49.7 Å². The first-order valence-corrected chi connectivity index (χ1v) is 13.2. The zero-order valence-electron chi connectivity index (χ0n) is 21.1. The Labute approximate surface area is 230 Å². The molecule has 39 heavy (non-hydrogen) atoms. The third kappa shape index (κ3) is 5.76. The first-order chi connectivity index (χ1) is 19.0. The number of hydrogen-bond acceptors (Lipinski definition) is 8. The predicted molar refractivity (Wildman–Crippen MR) is 150 cm³/mol. The molecule has 5 heterocycles. The number of imide groups is 1. The first kappa shape index (κ1) is 25.0. The highest BCUT2D eigenvalue weighted by molar-refractivity contribution is 6.30. The van der Waals surface area contributed by atoms with Crippen molar-refractivity contribution in [1.29, 1.82) is 0 Å². The number of hydrogen-bond donors (Lipinski definition) is 3. The standard InChI is InChI=1S/C28H27ClN8O2/c29-20-4-3-6-22(14-20)32-24-15-25(33-21-7-10-36(11-8-21)17-23-5-1-2-9-30-23)37-27(34-24)19(16-31-37)12-18-13-26(38)35-28(18)39/h1-6,9,12,14-16,21,33H,7-8,10-11,13,17H2,(H,32,34)(H,35,38,39)/b18-12+. The molecule has 2 fully saturated rings. The Morgan fingerprint density at radius 2 is 1.97 bits per heavy atom. The molecule has 0 saturated carbocycles. The summed E-state index contributed by atoms with van der Waals surface area (Å²) in [4.78, 5) is 35.5. The van der Waals surface area contributed by atoms with E-state index in [4.69, 9.17) is 16.6 Å². The van der Waals surface area contributed by atoms with Crippen LogP contribution < -0.4 is 16.0 Å². The maximum atomic E-state index is 12.2. The second-order valence-electron chi connectivity index (χ2n) is 9.74. The van der Waals surface area contributed by atoms with Crippen molar-refractivity contribution in [3.63, 3.8) is 0 Å². The topological polar surface area (TPSA) is 117 Å². The van der Waals surface area contributed by atoms with Gasteiger partial charge in [0.15, 0.2) is 5.65 Å². The fourth-order valence-corrected chi connectivity index (χ4v) is 5.13. The molecule has 3 N–H and O–H groups in total. The van der Waals surface area contributed by atoms with Gasteiger partial charge in [-0.2, -0.15) is 9.61 Å². The molecule has 0 spiro atoms. The Bertz CT molecular complexity index is 1560. The van der Waals surface area contributed by atoms with Crippen LogP contribution in [-0.2, 0) is 16.1 Å². The SMILES string of the molecule is O=C1C/C(=C\c2cnn3c(NC4CCN(Cc5ccccn5)CC4)cc(Nc4cccc(Cl)c4)nc23)C(=O)N1. The number of likely N-dealkylation sites (tertiary alicyclic amines) is 1. The van der Waals surface area contributed by atoms with Crippen LogP contribution in [0.5, 0.6) is 0 Å². The number of carbonyl (C=O) groups excluding carboxylic acids is 2. The Morgan fingerprint density at radius 1 is 1.10 bits per heavy atom. The number of piperidine rings is 1. The van der Waals surface area contributed by atoms with Crippen molar-refractivity contribution in [1.82, 2.24) is 29.8 Å². The van der Waals surface area contributed by atoms with Gasteiger partial charge in [-0.25, -0.2) is 4.98 Å². The number of pyridine rings is 1. The van der Waals surface area contributed by atoms with Crippen molar-refractivity contribution in [2.45, 2.75) is 31.8 Å². The highest BCUT2D eigenvalue weighted by Crippen LogP contribution is 2.27. The second kappa shape index (κ2) is 10.8. The maximum absolute atomic E-state index is 12.2. The number of nitrogens with one attached hydrogen (secondary N) is 3. The van der Waals surface area contributed by atoms with E-state index < -0.39 is 0 Å². The first-order valence-electron chi connectivity index (χ1n) is 12.8. The third-order valence-corrected chi connectivity index (χ3v) is 7.11. The summed E-state index contributed by atoms with van der Waals surface area (Å²) in [5.74, 6) is 0.690. The van der Waals surface area contributed by atoms with Crippen LogP contribution in [0.4, 0.5) is 17.3 Å². The van der Waals surface area contributed by atoms with Gasteiger partial charge >= 0.3 is 0 Å². The van der Waals surface area contributed by atoms with Gasteiger partial charge in [-0.3, -0.25) is 24.8 Å². The number of rotatable bonds is 7. The van der Waals surface area contributed by atoms with Crippen molar-refractivity contribution in [3.8, 4) is 0 Å². The number of benzene rings is 1. The Balaban J connectivity index is 1.26. The molecule has 2 aliphatic heterocycles. The molecule has 0 bridgehead atoms. The van der Waals surface area contributed by atoms with Crippen molar-refractivity contribution in [3.05, 3.63) is 82.8 Å². The van der Waals surface area contributed by atoms with Crippen LogP contribution in [0.3, 0.4) is 0 Å². The molecular formula is C28H27ClN8O2. The second-order valence-corrected chi connectivity index (χ2v) is 10.2. The third-order valence-electron chi connectivity index (χ3n) is 6.87. The van der Waals surface area contributed by atoms with Gasteiger partial charge in [0.05, 0.1) is 18.3 Å². The summed E-state index contributed by atoms with van der Waals surface area (Å²) in [5.41, 5.74) is 3.48. The van der Waals surface area contributed by atoms with Crippen LogP contribution in [0, 0.1) is 0 Å². The molecule has 2 saturated heterocycles. The summed E-state index contributed by atoms with van der Waals surface area (Å²) in [5, 5.41) is 14.5. The van der Waals surface area contributed by atoms with Crippen LogP contribution in [0.15, 0.2) is 66.5 Å². The van der Waals surface area contributed by atoms with E-state index in [9.17, 15) is 9.59 Å². The van der Waals surface area contributed by atoms with E-state index in [0.29, 0.717) is 27.6 Å². The lowest BCUT2D eigenvalue weighted by Gasteiger charge is -2.32. The van der Waals surface area contributed by atoms with Crippen molar-refractivity contribution in [2.75, 3.05) is 23.7 Å². The van der Waals surface area contributed by atoms with Crippen LogP contribution in [0.25, 0.3) is 11.7 Å². The monoisotopic (exact) mass is 542 g/mol. The lowest BCUT2D eigenvalue weighted by atomic mass is 10.0. The highest BCUT2D eigenvalue weighted by Gasteiger charge is 2.25. The van der Waals surface area contributed by atoms with Gasteiger partial charge in [0, 0.05) is 59.8 Å². The fourth-order valence-electron chi connectivity index (χ4n) is 4.94. The van der Waals surface area contributed by atoms with Crippen LogP contribution in [-0.4, -0.2) is 55.4 Å². The quantitative estimate of drug-likeness (QED) is 0.237. The van der Waals surface area contributed by atoms with Gasteiger partial charge in [0.2, 0.25) is 5.91 Å². The largest absolute Gasteiger partial charge is 0.367 e. The van der Waals surface area contributed by atoms with E-state index in [2.05, 4.69) is 37.0 Å². The van der Waals surface area contributed by atoms with Crippen molar-refractivity contribution in [2.24, 2.45) is 0 Å². The fraction of sp³-hybridized carbons (Fsp3) is 0.250. The average molecular weight is 543 g/mol.